The first kappa shape index (κ1) is 21.9. The molecule has 0 aliphatic carbocycles. The van der Waals surface area contributed by atoms with Crippen molar-refractivity contribution < 1.29 is 9.85 Å². The first-order chi connectivity index (χ1) is 10.4. The Labute approximate surface area is 140 Å². The van der Waals surface area contributed by atoms with Crippen LogP contribution in [0.1, 0.15) is 112 Å². The van der Waals surface area contributed by atoms with Crippen molar-refractivity contribution in [1.29, 1.82) is 0 Å². The Hall–Kier alpha value is -0.0800. The molecule has 0 amide bonds. The molecule has 1 N–H and O–H groups in total. The van der Waals surface area contributed by atoms with E-state index in [1.54, 1.807) is 0 Å². The molecule has 0 unspecified atom stereocenters. The molecular formula is C20H44NO+. The molecule has 0 rings (SSSR count). The van der Waals surface area contributed by atoms with Crippen LogP contribution in [-0.4, -0.2) is 28.5 Å². The minimum absolute atomic E-state index is 0.0627. The summed E-state index contributed by atoms with van der Waals surface area (Å²) in [6, 6.07) is 0. The average molecular weight is 315 g/mol. The van der Waals surface area contributed by atoms with E-state index in [2.05, 4.69) is 34.6 Å². The maximum Gasteiger partial charge on any atom is 0.120 e. The number of nitrogens with zero attached hydrogens (tertiary/aromatic N) is 1. The highest BCUT2D eigenvalue weighted by molar-refractivity contribution is 4.61. The normalized spacial score (nSPS) is 12.8. The van der Waals surface area contributed by atoms with Crippen LogP contribution >= 0.6 is 0 Å². The summed E-state index contributed by atoms with van der Waals surface area (Å²) in [5.74, 6) is 0. The van der Waals surface area contributed by atoms with Gasteiger partial charge in [-0.2, -0.15) is 4.65 Å². The third kappa shape index (κ3) is 9.84. The van der Waals surface area contributed by atoms with E-state index < -0.39 is 0 Å². The third-order valence-corrected chi connectivity index (χ3v) is 5.01. The molecule has 0 aromatic heterocycles. The summed E-state index contributed by atoms with van der Waals surface area (Å²) >= 11 is 0. The van der Waals surface area contributed by atoms with Crippen LogP contribution in [0, 0.1) is 0 Å². The van der Waals surface area contributed by atoms with Gasteiger partial charge in [0.2, 0.25) is 0 Å². The van der Waals surface area contributed by atoms with Gasteiger partial charge in [0.05, 0.1) is 0 Å². The molecule has 2 nitrogen and oxygen atoms in total. The second-order valence-electron chi connectivity index (χ2n) is 8.08. The van der Waals surface area contributed by atoms with Gasteiger partial charge in [-0.1, -0.05) is 65.2 Å². The summed E-state index contributed by atoms with van der Waals surface area (Å²) in [5, 5.41) is 11.1. The SMILES string of the molecule is CCCCCCCC[N+](O)(CCCCCCCC)C(C)(C)C. The molecule has 0 saturated heterocycles. The molecule has 0 aromatic carbocycles. The van der Waals surface area contributed by atoms with Crippen molar-refractivity contribution in [2.45, 2.75) is 117 Å². The Bertz CT molecular complexity index is 229. The predicted octanol–water partition coefficient (Wildman–Crippen LogP) is 6.71. The summed E-state index contributed by atoms with van der Waals surface area (Å²) < 4.78 is 0.258. The second-order valence-corrected chi connectivity index (χ2v) is 8.08. The number of hydroxylamine groups is 3. The van der Waals surface area contributed by atoms with Crippen LogP contribution in [0.15, 0.2) is 0 Å². The fraction of sp³-hybridized carbons (Fsp3) is 1.00. The van der Waals surface area contributed by atoms with Crippen molar-refractivity contribution in [3.8, 4) is 0 Å². The molecule has 0 atom stereocenters. The van der Waals surface area contributed by atoms with E-state index in [0.717, 1.165) is 25.9 Å². The van der Waals surface area contributed by atoms with E-state index in [0.29, 0.717) is 0 Å². The van der Waals surface area contributed by atoms with Crippen molar-refractivity contribution in [2.75, 3.05) is 13.1 Å². The summed E-state index contributed by atoms with van der Waals surface area (Å²) in [4.78, 5) is 0. The van der Waals surface area contributed by atoms with Gasteiger partial charge in [0, 0.05) is 0 Å². The zero-order chi connectivity index (χ0) is 16.9. The Kier molecular flexibility index (Phi) is 12.3. The molecule has 134 valence electrons. The lowest BCUT2D eigenvalue weighted by Gasteiger charge is -2.41. The van der Waals surface area contributed by atoms with E-state index in [1.807, 2.05) is 0 Å². The van der Waals surface area contributed by atoms with Gasteiger partial charge >= 0.3 is 0 Å². The van der Waals surface area contributed by atoms with Gasteiger partial charge in [-0.05, 0) is 46.5 Å². The summed E-state index contributed by atoms with van der Waals surface area (Å²) in [6.45, 7) is 12.9. The zero-order valence-electron chi connectivity index (χ0n) is 16.3. The smallest absolute Gasteiger partial charge is 0.120 e. The second kappa shape index (κ2) is 12.4. The molecule has 0 saturated carbocycles. The Morgan fingerprint density at radius 3 is 1.23 bits per heavy atom. The fourth-order valence-electron chi connectivity index (χ4n) is 3.09. The van der Waals surface area contributed by atoms with Gasteiger partial charge in [0.1, 0.15) is 18.6 Å². The maximum atomic E-state index is 11.1. The van der Waals surface area contributed by atoms with Crippen molar-refractivity contribution in [2.24, 2.45) is 0 Å². The van der Waals surface area contributed by atoms with Gasteiger partial charge in [0.25, 0.3) is 0 Å². The van der Waals surface area contributed by atoms with Crippen molar-refractivity contribution in [3.05, 3.63) is 0 Å². The van der Waals surface area contributed by atoms with E-state index >= 15 is 0 Å². The highest BCUT2D eigenvalue weighted by atomic mass is 16.5. The van der Waals surface area contributed by atoms with Crippen LogP contribution < -0.4 is 0 Å². The topological polar surface area (TPSA) is 20.2 Å². The molecule has 0 aliphatic rings. The lowest BCUT2D eigenvalue weighted by atomic mass is 10.0. The van der Waals surface area contributed by atoms with E-state index in [4.69, 9.17) is 0 Å². The van der Waals surface area contributed by atoms with Gasteiger partial charge < -0.3 is 0 Å². The molecule has 0 spiro atoms. The number of rotatable bonds is 14. The highest BCUT2D eigenvalue weighted by Crippen LogP contribution is 2.24. The van der Waals surface area contributed by atoms with Crippen LogP contribution in [0.5, 0.6) is 0 Å². The number of quaternary nitrogens is 1. The lowest BCUT2D eigenvalue weighted by Crippen LogP contribution is -2.58. The summed E-state index contributed by atoms with van der Waals surface area (Å²) in [7, 11) is 0. The largest absolute Gasteiger partial charge is 0.217 e. The van der Waals surface area contributed by atoms with Gasteiger partial charge in [-0.25, -0.2) is 5.21 Å². The molecule has 0 fully saturated rings. The van der Waals surface area contributed by atoms with Crippen LogP contribution in [0.25, 0.3) is 0 Å². The molecular weight excluding hydrogens is 270 g/mol. The lowest BCUT2D eigenvalue weighted by molar-refractivity contribution is -1.13. The van der Waals surface area contributed by atoms with Gasteiger partial charge in [-0.3, -0.25) is 0 Å². The van der Waals surface area contributed by atoms with Crippen LogP contribution in [0.4, 0.5) is 0 Å². The summed E-state index contributed by atoms with van der Waals surface area (Å²) in [6.07, 6.45) is 15.6. The van der Waals surface area contributed by atoms with Crippen LogP contribution in [0.2, 0.25) is 0 Å². The molecule has 0 heterocycles. The van der Waals surface area contributed by atoms with E-state index in [1.165, 1.54) is 64.2 Å². The molecule has 22 heavy (non-hydrogen) atoms. The minimum atomic E-state index is -0.0627. The average Bonchev–Trinajstić information content (AvgIpc) is 2.45. The monoisotopic (exact) mass is 314 g/mol. The minimum Gasteiger partial charge on any atom is -0.217 e. The molecule has 0 bridgehead atoms. The standard InChI is InChI=1S/C20H44NO/c1-6-8-10-12-14-16-18-21(22,20(3,4)5)19-17-15-13-11-9-7-2/h22H,6-19H2,1-5H3/q+1. The Morgan fingerprint density at radius 1 is 0.591 bits per heavy atom. The highest BCUT2D eigenvalue weighted by Gasteiger charge is 2.38. The first-order valence-corrected chi connectivity index (χ1v) is 9.97. The molecule has 2 heteroatoms. The zero-order valence-corrected chi connectivity index (χ0v) is 16.3. The molecule has 0 aromatic rings. The first-order valence-electron chi connectivity index (χ1n) is 9.97. The predicted molar refractivity (Wildman–Crippen MR) is 98.3 cm³/mol. The third-order valence-electron chi connectivity index (χ3n) is 5.01. The maximum absolute atomic E-state index is 11.1. The van der Waals surface area contributed by atoms with Gasteiger partial charge in [0.15, 0.2) is 0 Å². The quantitative estimate of drug-likeness (QED) is 0.214. The summed E-state index contributed by atoms with van der Waals surface area (Å²) in [5.41, 5.74) is -0.0627. The van der Waals surface area contributed by atoms with Crippen LogP contribution in [0.3, 0.4) is 0 Å². The van der Waals surface area contributed by atoms with E-state index in [-0.39, 0.29) is 10.2 Å². The van der Waals surface area contributed by atoms with E-state index in [9.17, 15) is 5.21 Å². The van der Waals surface area contributed by atoms with Crippen LogP contribution in [-0.2, 0) is 0 Å². The molecule has 0 radical (unpaired) electrons. The fourth-order valence-corrected chi connectivity index (χ4v) is 3.09. The number of hydrogen-bond donors (Lipinski definition) is 1. The van der Waals surface area contributed by atoms with Crippen molar-refractivity contribution in [3.63, 3.8) is 0 Å². The number of unbranched alkanes of at least 4 members (excludes halogenated alkanes) is 10. The Balaban J connectivity index is 4.03. The molecule has 0 aliphatic heterocycles. The number of hydrogen-bond acceptors (Lipinski definition) is 1. The van der Waals surface area contributed by atoms with Gasteiger partial charge in [-0.15, -0.1) is 0 Å². The van der Waals surface area contributed by atoms with Crippen molar-refractivity contribution in [1.82, 2.24) is 0 Å². The Morgan fingerprint density at radius 2 is 0.909 bits per heavy atom. The van der Waals surface area contributed by atoms with Crippen molar-refractivity contribution >= 4 is 0 Å².